The Morgan fingerprint density at radius 2 is 1.56 bits per heavy atom. The van der Waals surface area contributed by atoms with Gasteiger partial charge in [0.2, 0.25) is 0 Å². The Morgan fingerprint density at radius 3 is 2.24 bits per heavy atom. The summed E-state index contributed by atoms with van der Waals surface area (Å²) in [4.78, 5) is 17.1. The number of benzene rings is 1. The van der Waals surface area contributed by atoms with Gasteiger partial charge in [0.15, 0.2) is 11.6 Å². The third-order valence-corrected chi connectivity index (χ3v) is 5.11. The minimum Gasteiger partial charge on any atom is -0.495 e. The summed E-state index contributed by atoms with van der Waals surface area (Å²) in [6.45, 7) is 0. The number of hydrogen-bond acceptors (Lipinski definition) is 5. The van der Waals surface area contributed by atoms with Crippen molar-refractivity contribution in [3.05, 3.63) is 64.2 Å². The maximum absolute atomic E-state index is 6.20. The summed E-state index contributed by atoms with van der Waals surface area (Å²) < 4.78 is 5.30. The lowest BCUT2D eigenvalue weighted by Gasteiger charge is -2.08. The molecule has 3 aromatic rings. The Hall–Kier alpha value is -2.24. The summed E-state index contributed by atoms with van der Waals surface area (Å²) in [5.41, 5.74) is 2.21. The van der Waals surface area contributed by atoms with Gasteiger partial charge in [0.05, 0.1) is 12.1 Å². The maximum Gasteiger partial charge on any atom is 0.197 e. The molecule has 2 heterocycles. The van der Waals surface area contributed by atoms with Gasteiger partial charge in [-0.3, -0.25) is 0 Å². The fourth-order valence-corrected chi connectivity index (χ4v) is 3.34. The van der Waals surface area contributed by atoms with Crippen molar-refractivity contribution < 1.29 is 4.74 Å². The van der Waals surface area contributed by atoms with Gasteiger partial charge in [0.25, 0.3) is 0 Å². The molecule has 1 saturated carbocycles. The summed E-state index contributed by atoms with van der Waals surface area (Å²) in [7, 11) is 1.59. The highest BCUT2D eigenvalue weighted by atomic mass is 35.5. The van der Waals surface area contributed by atoms with Crippen LogP contribution < -0.4 is 4.74 Å². The highest BCUT2D eigenvalue weighted by Crippen LogP contribution is 2.55. The summed E-state index contributed by atoms with van der Waals surface area (Å²) >= 11 is 12.3. The molecule has 25 heavy (non-hydrogen) atoms. The van der Waals surface area contributed by atoms with E-state index >= 15 is 0 Å². The molecule has 1 fully saturated rings. The van der Waals surface area contributed by atoms with Crippen LogP contribution in [0.25, 0.3) is 11.6 Å². The normalized spacial score (nSPS) is 18.8. The first-order valence-corrected chi connectivity index (χ1v) is 8.55. The molecule has 0 saturated heterocycles. The van der Waals surface area contributed by atoms with Crippen molar-refractivity contribution in [3.8, 4) is 17.4 Å². The minimum atomic E-state index is 0.367. The average molecular weight is 373 g/mol. The van der Waals surface area contributed by atoms with Gasteiger partial charge >= 0.3 is 0 Å². The maximum atomic E-state index is 6.20. The predicted octanol–water partition coefficient (Wildman–Crippen LogP) is 4.52. The lowest BCUT2D eigenvalue weighted by molar-refractivity contribution is 0.414. The van der Waals surface area contributed by atoms with Gasteiger partial charge in [-0.15, -0.1) is 0 Å². The van der Waals surface area contributed by atoms with E-state index in [2.05, 4.69) is 19.9 Å². The van der Waals surface area contributed by atoms with Crippen molar-refractivity contribution in [3.63, 3.8) is 0 Å². The highest BCUT2D eigenvalue weighted by Gasteiger charge is 2.40. The molecule has 1 aromatic carbocycles. The molecule has 0 unspecified atom stereocenters. The number of methoxy groups -OCH3 is 1. The quantitative estimate of drug-likeness (QED) is 0.673. The van der Waals surface area contributed by atoms with Crippen LogP contribution in [-0.2, 0) is 0 Å². The lowest BCUT2D eigenvalue weighted by Crippen LogP contribution is -1.96. The van der Waals surface area contributed by atoms with Gasteiger partial charge in [-0.1, -0.05) is 23.2 Å². The first-order valence-electron chi connectivity index (χ1n) is 7.79. The Labute approximate surface area is 155 Å². The first-order chi connectivity index (χ1) is 12.2. The third-order valence-electron chi connectivity index (χ3n) is 4.32. The van der Waals surface area contributed by atoms with Crippen LogP contribution in [0.15, 0.2) is 43.0 Å². The standard InChI is InChI=1S/C18H14Cl2N4O/c1-25-15-6-10(5-14(19)16(15)20)12-7-13(12)11-8-23-18(24-9-11)17-21-3-2-4-22-17/h2-6,8-9,12-13H,7H2,1H3/t12-,13+/m1/s1. The molecule has 0 amide bonds. The van der Waals surface area contributed by atoms with E-state index in [0.29, 0.717) is 39.3 Å². The zero-order chi connectivity index (χ0) is 17.4. The third kappa shape index (κ3) is 3.17. The van der Waals surface area contributed by atoms with E-state index in [-0.39, 0.29) is 0 Å². The summed E-state index contributed by atoms with van der Waals surface area (Å²) in [5, 5.41) is 0.954. The average Bonchev–Trinajstić information content (AvgIpc) is 3.45. The molecule has 1 aliphatic rings. The SMILES string of the molecule is COc1cc([C@H]2C[C@H]2c2cnc(-c3ncccn3)nc2)cc(Cl)c1Cl. The molecule has 126 valence electrons. The molecule has 0 radical (unpaired) electrons. The monoisotopic (exact) mass is 372 g/mol. The summed E-state index contributed by atoms with van der Waals surface area (Å²) in [6.07, 6.45) is 8.06. The van der Waals surface area contributed by atoms with Gasteiger partial charge in [-0.05, 0) is 47.6 Å². The Morgan fingerprint density at radius 1 is 0.920 bits per heavy atom. The van der Waals surface area contributed by atoms with Crippen LogP contribution >= 0.6 is 23.2 Å². The molecule has 1 aliphatic carbocycles. The molecular formula is C18H14Cl2N4O. The van der Waals surface area contributed by atoms with Crippen LogP contribution in [-0.4, -0.2) is 27.0 Å². The van der Waals surface area contributed by atoms with Crippen molar-refractivity contribution >= 4 is 23.2 Å². The second-order valence-corrected chi connectivity index (χ2v) is 6.67. The Kier molecular flexibility index (Phi) is 4.27. The van der Waals surface area contributed by atoms with Gasteiger partial charge in [0, 0.05) is 24.8 Å². The lowest BCUT2D eigenvalue weighted by atomic mass is 10.1. The second-order valence-electron chi connectivity index (χ2n) is 5.88. The van der Waals surface area contributed by atoms with Crippen molar-refractivity contribution in [2.24, 2.45) is 0 Å². The van der Waals surface area contributed by atoms with Gasteiger partial charge in [-0.2, -0.15) is 0 Å². The smallest absolute Gasteiger partial charge is 0.197 e. The minimum absolute atomic E-state index is 0.367. The summed E-state index contributed by atoms with van der Waals surface area (Å²) in [6, 6.07) is 5.62. The molecule has 5 nitrogen and oxygen atoms in total. The number of ether oxygens (including phenoxy) is 1. The zero-order valence-electron chi connectivity index (χ0n) is 13.4. The van der Waals surface area contributed by atoms with E-state index < -0.39 is 0 Å². The largest absolute Gasteiger partial charge is 0.495 e. The first kappa shape index (κ1) is 16.2. The fourth-order valence-electron chi connectivity index (χ4n) is 2.94. The highest BCUT2D eigenvalue weighted by molar-refractivity contribution is 6.43. The summed E-state index contributed by atoms with van der Waals surface area (Å²) in [5.74, 6) is 2.38. The van der Waals surface area contributed by atoms with Crippen molar-refractivity contribution in [2.75, 3.05) is 7.11 Å². The van der Waals surface area contributed by atoms with Crippen molar-refractivity contribution in [2.45, 2.75) is 18.3 Å². The topological polar surface area (TPSA) is 60.8 Å². The number of halogens is 2. The molecule has 0 N–H and O–H groups in total. The molecule has 0 aliphatic heterocycles. The van der Waals surface area contributed by atoms with Crippen LogP contribution in [0.5, 0.6) is 5.75 Å². The Bertz CT molecular complexity index is 903. The molecule has 7 heteroatoms. The van der Waals surface area contributed by atoms with Gasteiger partial charge in [-0.25, -0.2) is 19.9 Å². The van der Waals surface area contributed by atoms with Crippen LogP contribution in [0, 0.1) is 0 Å². The zero-order valence-corrected chi connectivity index (χ0v) is 14.9. The van der Waals surface area contributed by atoms with Crippen LogP contribution in [0.2, 0.25) is 10.0 Å². The Balaban J connectivity index is 1.55. The van der Waals surface area contributed by atoms with E-state index in [1.165, 1.54) is 0 Å². The number of hydrogen-bond donors (Lipinski definition) is 0. The molecule has 2 atom stereocenters. The van der Waals surface area contributed by atoms with E-state index in [4.69, 9.17) is 27.9 Å². The van der Waals surface area contributed by atoms with Crippen LogP contribution in [0.3, 0.4) is 0 Å². The van der Waals surface area contributed by atoms with E-state index in [9.17, 15) is 0 Å². The molecule has 0 bridgehead atoms. The van der Waals surface area contributed by atoms with E-state index in [0.717, 1.165) is 17.5 Å². The number of rotatable bonds is 4. The van der Waals surface area contributed by atoms with E-state index in [1.54, 1.807) is 25.6 Å². The van der Waals surface area contributed by atoms with Crippen LogP contribution in [0.4, 0.5) is 0 Å². The number of nitrogens with zero attached hydrogens (tertiary/aromatic N) is 4. The molecule has 4 rings (SSSR count). The molecule has 0 spiro atoms. The van der Waals surface area contributed by atoms with Crippen LogP contribution in [0.1, 0.15) is 29.4 Å². The van der Waals surface area contributed by atoms with Crippen molar-refractivity contribution in [1.29, 1.82) is 0 Å². The molecular weight excluding hydrogens is 359 g/mol. The molecule has 2 aromatic heterocycles. The fraction of sp³-hybridized carbons (Fsp3) is 0.222. The number of aromatic nitrogens is 4. The van der Waals surface area contributed by atoms with Gasteiger partial charge < -0.3 is 4.74 Å². The predicted molar refractivity (Wildman–Crippen MR) is 96.2 cm³/mol. The van der Waals surface area contributed by atoms with Gasteiger partial charge in [0.1, 0.15) is 10.8 Å². The van der Waals surface area contributed by atoms with Crippen molar-refractivity contribution in [1.82, 2.24) is 19.9 Å². The second kappa shape index (κ2) is 6.58. The van der Waals surface area contributed by atoms with E-state index in [1.807, 2.05) is 24.5 Å².